The molecule has 2 aromatic heterocycles. The van der Waals surface area contributed by atoms with Crippen molar-refractivity contribution in [2.24, 2.45) is 0 Å². The van der Waals surface area contributed by atoms with Crippen LogP contribution in [-0.4, -0.2) is 40.2 Å². The maximum atomic E-state index is 5.57. The molecule has 1 N–H and O–H groups in total. The zero-order valence-corrected chi connectivity index (χ0v) is 11.1. The summed E-state index contributed by atoms with van der Waals surface area (Å²) in [5, 5.41) is 11.1. The number of hydrogen-bond acceptors (Lipinski definition) is 5. The van der Waals surface area contributed by atoms with E-state index in [1.807, 2.05) is 31.4 Å². The van der Waals surface area contributed by atoms with E-state index in [2.05, 4.69) is 20.6 Å². The molecule has 102 valence electrons. The van der Waals surface area contributed by atoms with Gasteiger partial charge in [0.05, 0.1) is 25.5 Å². The minimum absolute atomic E-state index is 0.634. The third kappa shape index (κ3) is 4.76. The van der Waals surface area contributed by atoms with Gasteiger partial charge in [-0.2, -0.15) is 0 Å². The number of nitrogens with zero attached hydrogens (tertiary/aromatic N) is 4. The minimum Gasteiger partial charge on any atom is -0.379 e. The van der Waals surface area contributed by atoms with Gasteiger partial charge in [-0.3, -0.25) is 4.98 Å². The monoisotopic (exact) mass is 261 g/mol. The number of ether oxygens (including phenoxy) is 1. The summed E-state index contributed by atoms with van der Waals surface area (Å²) in [5.74, 6) is 0. The summed E-state index contributed by atoms with van der Waals surface area (Å²) in [6.07, 6.45) is 4.57. The molecule has 0 unspecified atom stereocenters. The maximum Gasteiger partial charge on any atom is 0.0964 e. The second-order valence-corrected chi connectivity index (χ2v) is 4.19. The van der Waals surface area contributed by atoms with E-state index >= 15 is 0 Å². The molecule has 6 nitrogen and oxygen atoms in total. The van der Waals surface area contributed by atoms with Crippen LogP contribution in [0.1, 0.15) is 11.4 Å². The quantitative estimate of drug-likeness (QED) is 0.707. The highest BCUT2D eigenvalue weighted by Crippen LogP contribution is 1.96. The molecule has 0 fully saturated rings. The molecule has 0 atom stereocenters. The topological polar surface area (TPSA) is 64.9 Å². The zero-order valence-electron chi connectivity index (χ0n) is 11.1. The van der Waals surface area contributed by atoms with E-state index in [4.69, 9.17) is 4.74 Å². The summed E-state index contributed by atoms with van der Waals surface area (Å²) >= 11 is 0. The van der Waals surface area contributed by atoms with Gasteiger partial charge in [-0.1, -0.05) is 11.3 Å². The normalized spacial score (nSPS) is 10.8. The molecule has 0 saturated heterocycles. The summed E-state index contributed by atoms with van der Waals surface area (Å²) in [6, 6.07) is 5.91. The van der Waals surface area contributed by atoms with Crippen LogP contribution in [0.5, 0.6) is 0 Å². The molecule has 0 amide bonds. The van der Waals surface area contributed by atoms with E-state index in [0.717, 1.165) is 30.9 Å². The molecule has 0 aliphatic heterocycles. The fraction of sp³-hybridized carbons (Fsp3) is 0.462. The maximum absolute atomic E-state index is 5.57. The molecular formula is C13H19N5O. The van der Waals surface area contributed by atoms with Crippen molar-refractivity contribution in [3.8, 4) is 0 Å². The van der Waals surface area contributed by atoms with Crippen LogP contribution in [0, 0.1) is 0 Å². The molecule has 0 aliphatic carbocycles. The Balaban J connectivity index is 1.61. The summed E-state index contributed by atoms with van der Waals surface area (Å²) < 4.78 is 7.37. The van der Waals surface area contributed by atoms with Gasteiger partial charge in [0.25, 0.3) is 0 Å². The Morgan fingerprint density at radius 2 is 2.21 bits per heavy atom. The van der Waals surface area contributed by atoms with Crippen molar-refractivity contribution < 1.29 is 4.74 Å². The first-order valence-electron chi connectivity index (χ1n) is 6.40. The smallest absolute Gasteiger partial charge is 0.0964 e. The van der Waals surface area contributed by atoms with Gasteiger partial charge in [0.15, 0.2) is 0 Å². The second kappa shape index (κ2) is 7.60. The predicted molar refractivity (Wildman–Crippen MR) is 71.5 cm³/mol. The lowest BCUT2D eigenvalue weighted by Gasteiger charge is -2.03. The highest BCUT2D eigenvalue weighted by atomic mass is 16.5. The average molecular weight is 261 g/mol. The molecule has 0 spiro atoms. The molecule has 2 rings (SSSR count). The van der Waals surface area contributed by atoms with Gasteiger partial charge in [-0.15, -0.1) is 5.10 Å². The fourth-order valence-corrected chi connectivity index (χ4v) is 1.69. The molecular weight excluding hydrogens is 242 g/mol. The molecule has 19 heavy (non-hydrogen) atoms. The van der Waals surface area contributed by atoms with Crippen LogP contribution in [0.25, 0.3) is 0 Å². The van der Waals surface area contributed by atoms with Crippen LogP contribution < -0.4 is 5.32 Å². The Hall–Kier alpha value is -1.79. The van der Waals surface area contributed by atoms with E-state index < -0.39 is 0 Å². The lowest BCUT2D eigenvalue weighted by molar-refractivity contribution is 0.125. The average Bonchev–Trinajstić information content (AvgIpc) is 2.88. The fourth-order valence-electron chi connectivity index (χ4n) is 1.69. The van der Waals surface area contributed by atoms with Gasteiger partial charge < -0.3 is 10.1 Å². The SMILES string of the molecule is CNCc1cn(CCOCCc2ccccn2)nn1. The Morgan fingerprint density at radius 3 is 3.00 bits per heavy atom. The first-order chi connectivity index (χ1) is 9.38. The number of hydrogen-bond donors (Lipinski definition) is 1. The minimum atomic E-state index is 0.634. The summed E-state index contributed by atoms with van der Waals surface area (Å²) in [4.78, 5) is 4.24. The number of rotatable bonds is 8. The Kier molecular flexibility index (Phi) is 5.46. The third-order valence-electron chi connectivity index (χ3n) is 2.64. The molecule has 0 aromatic carbocycles. The van der Waals surface area contributed by atoms with Crippen molar-refractivity contribution in [3.05, 3.63) is 42.0 Å². The van der Waals surface area contributed by atoms with Crippen molar-refractivity contribution in [3.63, 3.8) is 0 Å². The van der Waals surface area contributed by atoms with Crippen LogP contribution >= 0.6 is 0 Å². The summed E-state index contributed by atoms with van der Waals surface area (Å²) in [6.45, 7) is 2.77. The molecule has 0 bridgehead atoms. The highest BCUT2D eigenvalue weighted by molar-refractivity contribution is 5.03. The zero-order chi connectivity index (χ0) is 13.3. The molecule has 2 aromatic rings. The Bertz CT molecular complexity index is 471. The van der Waals surface area contributed by atoms with Gasteiger partial charge in [-0.05, 0) is 19.2 Å². The molecule has 0 saturated carbocycles. The first-order valence-corrected chi connectivity index (χ1v) is 6.40. The van der Waals surface area contributed by atoms with Crippen molar-refractivity contribution in [1.29, 1.82) is 0 Å². The highest BCUT2D eigenvalue weighted by Gasteiger charge is 1.99. The van der Waals surface area contributed by atoms with Crippen molar-refractivity contribution in [1.82, 2.24) is 25.3 Å². The second-order valence-electron chi connectivity index (χ2n) is 4.19. The summed E-state index contributed by atoms with van der Waals surface area (Å²) in [7, 11) is 1.89. The van der Waals surface area contributed by atoms with Gasteiger partial charge in [0.1, 0.15) is 0 Å². The van der Waals surface area contributed by atoms with Crippen LogP contribution in [0.15, 0.2) is 30.6 Å². The van der Waals surface area contributed by atoms with E-state index in [0.29, 0.717) is 13.2 Å². The molecule has 0 radical (unpaired) electrons. The van der Waals surface area contributed by atoms with E-state index in [9.17, 15) is 0 Å². The van der Waals surface area contributed by atoms with Crippen LogP contribution in [0.2, 0.25) is 0 Å². The van der Waals surface area contributed by atoms with Crippen molar-refractivity contribution in [2.75, 3.05) is 20.3 Å². The number of aromatic nitrogens is 4. The van der Waals surface area contributed by atoms with Gasteiger partial charge in [0.2, 0.25) is 0 Å². The van der Waals surface area contributed by atoms with Gasteiger partial charge in [0, 0.05) is 31.1 Å². The predicted octanol–water partition coefficient (Wildman–Crippen LogP) is 0.652. The molecule has 2 heterocycles. The van der Waals surface area contributed by atoms with E-state index in [1.165, 1.54) is 0 Å². The standard InChI is InChI=1S/C13H19N5O/c1-14-10-13-11-18(17-16-13)7-9-19-8-5-12-4-2-3-6-15-12/h2-4,6,11,14H,5,7-10H2,1H3. The van der Waals surface area contributed by atoms with Gasteiger partial charge >= 0.3 is 0 Å². The van der Waals surface area contributed by atoms with Crippen LogP contribution in [0.3, 0.4) is 0 Å². The van der Waals surface area contributed by atoms with Crippen LogP contribution in [-0.2, 0) is 24.2 Å². The Labute approximate surface area is 112 Å². The first kappa shape index (κ1) is 13.6. The molecule has 6 heteroatoms. The Morgan fingerprint density at radius 1 is 1.26 bits per heavy atom. The lowest BCUT2D eigenvalue weighted by atomic mass is 10.3. The van der Waals surface area contributed by atoms with Crippen molar-refractivity contribution >= 4 is 0 Å². The third-order valence-corrected chi connectivity index (χ3v) is 2.64. The van der Waals surface area contributed by atoms with Crippen LogP contribution in [0.4, 0.5) is 0 Å². The van der Waals surface area contributed by atoms with E-state index in [-0.39, 0.29) is 0 Å². The van der Waals surface area contributed by atoms with Gasteiger partial charge in [-0.25, -0.2) is 4.68 Å². The largest absolute Gasteiger partial charge is 0.379 e. The van der Waals surface area contributed by atoms with Crippen molar-refractivity contribution in [2.45, 2.75) is 19.5 Å². The summed E-state index contributed by atoms with van der Waals surface area (Å²) in [5.41, 5.74) is 2.00. The number of pyridine rings is 1. The lowest BCUT2D eigenvalue weighted by Crippen LogP contribution is -2.09. The van der Waals surface area contributed by atoms with E-state index in [1.54, 1.807) is 10.9 Å². The number of nitrogens with one attached hydrogen (secondary N) is 1. The molecule has 0 aliphatic rings.